The van der Waals surface area contributed by atoms with Crippen LogP contribution in [0.25, 0.3) is 11.0 Å². The van der Waals surface area contributed by atoms with E-state index >= 15 is 0 Å². The molecule has 0 amide bonds. The highest BCUT2D eigenvalue weighted by atomic mass is 15.3. The smallest absolute Gasteiger partial charge is 0.118 e. The molecule has 0 atom stereocenters. The molecule has 1 aromatic heterocycles. The standard InChI is InChI=1S/C14H22N4/c1-4-9-18(10-5-2)13-8-7-12-14(11(13)6-3)16-17-15-12/h7-8H,4-6,9-10H2,1-3H3,(H,15,16,17). The third-order valence-corrected chi connectivity index (χ3v) is 3.26. The van der Waals surface area contributed by atoms with Crippen molar-refractivity contribution < 1.29 is 0 Å². The number of aryl methyl sites for hydroxylation is 1. The molecule has 2 rings (SSSR count). The molecule has 0 aliphatic rings. The van der Waals surface area contributed by atoms with Crippen molar-refractivity contribution in [2.24, 2.45) is 0 Å². The number of H-pyrrole nitrogens is 1. The number of anilines is 1. The Kier molecular flexibility index (Phi) is 4.18. The van der Waals surface area contributed by atoms with Crippen LogP contribution in [0.5, 0.6) is 0 Å². The van der Waals surface area contributed by atoms with Gasteiger partial charge in [-0.1, -0.05) is 26.0 Å². The monoisotopic (exact) mass is 246 g/mol. The lowest BCUT2D eigenvalue weighted by Gasteiger charge is -2.26. The van der Waals surface area contributed by atoms with Crippen LogP contribution < -0.4 is 4.90 Å². The quantitative estimate of drug-likeness (QED) is 0.851. The zero-order chi connectivity index (χ0) is 13.0. The summed E-state index contributed by atoms with van der Waals surface area (Å²) in [5.74, 6) is 0. The molecule has 4 heteroatoms. The van der Waals surface area contributed by atoms with Gasteiger partial charge >= 0.3 is 0 Å². The highest BCUT2D eigenvalue weighted by Crippen LogP contribution is 2.27. The molecular weight excluding hydrogens is 224 g/mol. The van der Waals surface area contributed by atoms with Gasteiger partial charge in [-0.2, -0.15) is 0 Å². The molecule has 4 nitrogen and oxygen atoms in total. The molecule has 0 spiro atoms. The van der Waals surface area contributed by atoms with E-state index in [1.54, 1.807) is 0 Å². The summed E-state index contributed by atoms with van der Waals surface area (Å²) in [6.45, 7) is 8.84. The van der Waals surface area contributed by atoms with Gasteiger partial charge in [0.25, 0.3) is 0 Å². The summed E-state index contributed by atoms with van der Waals surface area (Å²) in [6.07, 6.45) is 3.32. The molecule has 0 aliphatic heterocycles. The molecular formula is C14H22N4. The molecule has 0 radical (unpaired) electrons. The van der Waals surface area contributed by atoms with Crippen LogP contribution in [0, 0.1) is 0 Å². The van der Waals surface area contributed by atoms with Crippen LogP contribution in [-0.2, 0) is 6.42 Å². The van der Waals surface area contributed by atoms with Gasteiger partial charge in [-0.25, -0.2) is 0 Å². The van der Waals surface area contributed by atoms with Crippen molar-refractivity contribution in [1.82, 2.24) is 15.4 Å². The van der Waals surface area contributed by atoms with Gasteiger partial charge in [0.2, 0.25) is 0 Å². The fourth-order valence-corrected chi connectivity index (χ4v) is 2.50. The van der Waals surface area contributed by atoms with Crippen LogP contribution in [0.2, 0.25) is 0 Å². The van der Waals surface area contributed by atoms with E-state index in [4.69, 9.17) is 0 Å². The maximum atomic E-state index is 4.22. The highest BCUT2D eigenvalue weighted by Gasteiger charge is 2.13. The van der Waals surface area contributed by atoms with Crippen LogP contribution in [0.3, 0.4) is 0 Å². The van der Waals surface area contributed by atoms with Crippen LogP contribution in [-0.4, -0.2) is 28.5 Å². The van der Waals surface area contributed by atoms with Crippen LogP contribution in [0.1, 0.15) is 39.2 Å². The van der Waals surface area contributed by atoms with Crippen molar-refractivity contribution in [3.63, 3.8) is 0 Å². The normalized spacial score (nSPS) is 11.1. The second-order valence-corrected chi connectivity index (χ2v) is 4.61. The summed E-state index contributed by atoms with van der Waals surface area (Å²) in [5.41, 5.74) is 4.68. The number of aromatic nitrogens is 3. The number of benzene rings is 1. The molecule has 2 aromatic rings. The fourth-order valence-electron chi connectivity index (χ4n) is 2.50. The molecule has 0 saturated heterocycles. The number of nitrogens with one attached hydrogen (secondary N) is 1. The van der Waals surface area contributed by atoms with E-state index in [1.807, 2.05) is 0 Å². The molecule has 98 valence electrons. The lowest BCUT2D eigenvalue weighted by atomic mass is 10.1. The Morgan fingerprint density at radius 3 is 2.44 bits per heavy atom. The highest BCUT2D eigenvalue weighted by molar-refractivity contribution is 5.83. The molecule has 1 N–H and O–H groups in total. The molecule has 0 bridgehead atoms. The number of nitrogens with zero attached hydrogens (tertiary/aromatic N) is 3. The van der Waals surface area contributed by atoms with E-state index in [0.717, 1.165) is 30.5 Å². The molecule has 1 aromatic carbocycles. The van der Waals surface area contributed by atoms with Crippen molar-refractivity contribution in [1.29, 1.82) is 0 Å². The Hall–Kier alpha value is -1.58. The number of hydrogen-bond donors (Lipinski definition) is 1. The summed E-state index contributed by atoms with van der Waals surface area (Å²) in [5, 5.41) is 11.1. The van der Waals surface area contributed by atoms with Gasteiger partial charge < -0.3 is 4.90 Å². The lowest BCUT2D eigenvalue weighted by molar-refractivity contribution is 0.741. The first-order valence-corrected chi connectivity index (χ1v) is 6.89. The Bertz CT molecular complexity index is 497. The van der Waals surface area contributed by atoms with Gasteiger partial charge in [-0.3, -0.25) is 5.10 Å². The van der Waals surface area contributed by atoms with Gasteiger partial charge in [0.1, 0.15) is 5.52 Å². The van der Waals surface area contributed by atoms with E-state index < -0.39 is 0 Å². The van der Waals surface area contributed by atoms with Crippen molar-refractivity contribution in [3.05, 3.63) is 17.7 Å². The molecule has 0 aliphatic carbocycles. The average molecular weight is 246 g/mol. The molecule has 1 heterocycles. The fraction of sp³-hybridized carbons (Fsp3) is 0.571. The predicted molar refractivity (Wildman–Crippen MR) is 76.1 cm³/mol. The van der Waals surface area contributed by atoms with Crippen molar-refractivity contribution in [2.75, 3.05) is 18.0 Å². The van der Waals surface area contributed by atoms with Gasteiger partial charge in [0.05, 0.1) is 5.52 Å². The Morgan fingerprint density at radius 1 is 1.11 bits per heavy atom. The zero-order valence-electron chi connectivity index (χ0n) is 11.5. The average Bonchev–Trinajstić information content (AvgIpc) is 2.85. The van der Waals surface area contributed by atoms with E-state index in [2.05, 4.69) is 53.2 Å². The van der Waals surface area contributed by atoms with Gasteiger partial charge in [-0.05, 0) is 31.4 Å². The Morgan fingerprint density at radius 2 is 1.83 bits per heavy atom. The minimum Gasteiger partial charge on any atom is -0.371 e. The molecule has 18 heavy (non-hydrogen) atoms. The van der Waals surface area contributed by atoms with Crippen LogP contribution >= 0.6 is 0 Å². The Labute approximate surface area is 108 Å². The van der Waals surface area contributed by atoms with Crippen molar-refractivity contribution in [2.45, 2.75) is 40.0 Å². The van der Waals surface area contributed by atoms with Crippen molar-refractivity contribution >= 4 is 16.7 Å². The summed E-state index contributed by atoms with van der Waals surface area (Å²) in [4.78, 5) is 2.47. The predicted octanol–water partition coefficient (Wildman–Crippen LogP) is 3.15. The van der Waals surface area contributed by atoms with E-state index in [-0.39, 0.29) is 0 Å². The SMILES string of the molecule is CCCN(CCC)c1ccc2[nH]nnc2c1CC. The zero-order valence-corrected chi connectivity index (χ0v) is 11.5. The van der Waals surface area contributed by atoms with E-state index in [0.29, 0.717) is 0 Å². The first kappa shape index (κ1) is 12.9. The van der Waals surface area contributed by atoms with E-state index in [1.165, 1.54) is 24.1 Å². The summed E-state index contributed by atoms with van der Waals surface area (Å²) in [7, 11) is 0. The maximum absolute atomic E-state index is 4.22. The first-order chi connectivity index (χ1) is 8.81. The third kappa shape index (κ3) is 2.33. The molecule has 0 unspecified atom stereocenters. The number of aromatic amines is 1. The second-order valence-electron chi connectivity index (χ2n) is 4.61. The van der Waals surface area contributed by atoms with Crippen LogP contribution in [0.15, 0.2) is 12.1 Å². The minimum absolute atomic E-state index is 0.989. The Balaban J connectivity index is 2.46. The maximum Gasteiger partial charge on any atom is 0.118 e. The third-order valence-electron chi connectivity index (χ3n) is 3.26. The summed E-state index contributed by atoms with van der Waals surface area (Å²) < 4.78 is 0. The molecule has 0 saturated carbocycles. The number of hydrogen-bond acceptors (Lipinski definition) is 3. The van der Waals surface area contributed by atoms with Gasteiger partial charge in [0.15, 0.2) is 0 Å². The first-order valence-electron chi connectivity index (χ1n) is 6.89. The van der Waals surface area contributed by atoms with Gasteiger partial charge in [0, 0.05) is 24.3 Å². The molecule has 0 fully saturated rings. The minimum atomic E-state index is 0.989. The number of rotatable bonds is 6. The second kappa shape index (κ2) is 5.85. The number of fused-ring (bicyclic) bond motifs is 1. The lowest BCUT2D eigenvalue weighted by Crippen LogP contribution is -2.26. The largest absolute Gasteiger partial charge is 0.371 e. The summed E-state index contributed by atoms with van der Waals surface area (Å²) >= 11 is 0. The van der Waals surface area contributed by atoms with Gasteiger partial charge in [-0.15, -0.1) is 5.10 Å². The summed E-state index contributed by atoms with van der Waals surface area (Å²) in [6, 6.07) is 4.29. The van der Waals surface area contributed by atoms with Crippen LogP contribution in [0.4, 0.5) is 5.69 Å². The van der Waals surface area contributed by atoms with E-state index in [9.17, 15) is 0 Å². The van der Waals surface area contributed by atoms with Crippen molar-refractivity contribution in [3.8, 4) is 0 Å². The topological polar surface area (TPSA) is 44.8 Å².